The molecule has 0 saturated carbocycles. The fourth-order valence-electron chi connectivity index (χ4n) is 2.30. The number of hydrogen-bond acceptors (Lipinski definition) is 4. The van der Waals surface area contributed by atoms with Crippen LogP contribution in [0.3, 0.4) is 0 Å². The van der Waals surface area contributed by atoms with Crippen molar-refractivity contribution in [2.45, 2.75) is 17.6 Å². The quantitative estimate of drug-likeness (QED) is 0.549. The standard InChI is InChI=1S/C21H18N2O2S/c1-16-14-18(25-23-16)15-26-20-12-6-5-11-19(20)21(24)22-13-7-10-17-8-3-2-4-9-17/h2-6,8-9,11-12,14H,13,15H2,1H3,(H,22,24). The highest BCUT2D eigenvalue weighted by Crippen LogP contribution is 2.26. The van der Waals surface area contributed by atoms with E-state index in [2.05, 4.69) is 22.3 Å². The van der Waals surface area contributed by atoms with Gasteiger partial charge in [0.05, 0.1) is 23.6 Å². The van der Waals surface area contributed by atoms with Crippen LogP contribution in [-0.2, 0) is 5.75 Å². The highest BCUT2D eigenvalue weighted by atomic mass is 32.2. The second-order valence-electron chi connectivity index (χ2n) is 5.57. The Morgan fingerprint density at radius 1 is 1.15 bits per heavy atom. The maximum absolute atomic E-state index is 12.5. The average molecular weight is 362 g/mol. The molecule has 1 heterocycles. The summed E-state index contributed by atoms with van der Waals surface area (Å²) in [5, 5.41) is 6.73. The van der Waals surface area contributed by atoms with Crippen LogP contribution >= 0.6 is 11.8 Å². The van der Waals surface area contributed by atoms with Crippen LogP contribution in [0.25, 0.3) is 0 Å². The van der Waals surface area contributed by atoms with Gasteiger partial charge in [-0.25, -0.2) is 0 Å². The van der Waals surface area contributed by atoms with E-state index in [4.69, 9.17) is 4.52 Å². The lowest BCUT2D eigenvalue weighted by molar-refractivity contribution is 0.0956. The van der Waals surface area contributed by atoms with E-state index in [0.29, 0.717) is 17.9 Å². The Balaban J connectivity index is 1.59. The Labute approximate surface area is 157 Å². The van der Waals surface area contributed by atoms with E-state index in [9.17, 15) is 4.79 Å². The lowest BCUT2D eigenvalue weighted by Crippen LogP contribution is -2.24. The van der Waals surface area contributed by atoms with Gasteiger partial charge in [-0.15, -0.1) is 11.8 Å². The zero-order chi connectivity index (χ0) is 18.2. The molecule has 0 aliphatic heterocycles. The van der Waals surface area contributed by atoms with Crippen LogP contribution < -0.4 is 5.32 Å². The van der Waals surface area contributed by atoms with E-state index in [1.165, 1.54) is 0 Å². The summed E-state index contributed by atoms with van der Waals surface area (Å²) in [6.45, 7) is 2.18. The Morgan fingerprint density at radius 2 is 1.92 bits per heavy atom. The maximum atomic E-state index is 12.5. The normalized spacial score (nSPS) is 10.0. The molecule has 0 aliphatic rings. The van der Waals surface area contributed by atoms with Gasteiger partial charge < -0.3 is 9.84 Å². The predicted molar refractivity (Wildman–Crippen MR) is 103 cm³/mol. The zero-order valence-electron chi connectivity index (χ0n) is 14.4. The minimum absolute atomic E-state index is 0.135. The summed E-state index contributed by atoms with van der Waals surface area (Å²) in [6.07, 6.45) is 0. The van der Waals surface area contributed by atoms with Gasteiger partial charge >= 0.3 is 0 Å². The summed E-state index contributed by atoms with van der Waals surface area (Å²) in [4.78, 5) is 13.4. The third-order valence-corrected chi connectivity index (χ3v) is 4.62. The molecule has 4 nitrogen and oxygen atoms in total. The summed E-state index contributed by atoms with van der Waals surface area (Å²) in [7, 11) is 0. The van der Waals surface area contributed by atoms with Crippen LogP contribution in [0, 0.1) is 18.8 Å². The first-order valence-corrected chi connectivity index (χ1v) is 9.17. The number of nitrogens with zero attached hydrogens (tertiary/aromatic N) is 1. The summed E-state index contributed by atoms with van der Waals surface area (Å²) in [5.74, 6) is 7.27. The second kappa shape index (κ2) is 8.93. The van der Waals surface area contributed by atoms with Crippen molar-refractivity contribution >= 4 is 17.7 Å². The smallest absolute Gasteiger partial charge is 0.253 e. The van der Waals surface area contributed by atoms with E-state index in [1.807, 2.05) is 67.6 Å². The number of aryl methyl sites for hydroxylation is 1. The van der Waals surface area contributed by atoms with Crippen molar-refractivity contribution in [3.8, 4) is 11.8 Å². The van der Waals surface area contributed by atoms with Gasteiger partial charge in [0.1, 0.15) is 5.76 Å². The number of amides is 1. The lowest BCUT2D eigenvalue weighted by atomic mass is 10.2. The van der Waals surface area contributed by atoms with E-state index in [0.717, 1.165) is 21.9 Å². The average Bonchev–Trinajstić information content (AvgIpc) is 3.10. The first kappa shape index (κ1) is 17.8. The minimum atomic E-state index is -0.135. The molecule has 3 aromatic rings. The molecule has 26 heavy (non-hydrogen) atoms. The number of hydrogen-bond donors (Lipinski definition) is 1. The molecular formula is C21H18N2O2S. The van der Waals surface area contributed by atoms with Crippen molar-refractivity contribution in [2.75, 3.05) is 6.54 Å². The maximum Gasteiger partial charge on any atom is 0.253 e. The largest absolute Gasteiger partial charge is 0.360 e. The van der Waals surface area contributed by atoms with Crippen molar-refractivity contribution in [1.82, 2.24) is 10.5 Å². The number of carbonyl (C=O) groups excluding carboxylic acids is 1. The molecule has 1 amide bonds. The molecule has 0 spiro atoms. The van der Waals surface area contributed by atoms with Gasteiger partial charge in [-0.3, -0.25) is 4.79 Å². The second-order valence-corrected chi connectivity index (χ2v) is 6.59. The number of aromatic nitrogens is 1. The van der Waals surface area contributed by atoms with Gasteiger partial charge in [0.2, 0.25) is 0 Å². The van der Waals surface area contributed by atoms with Crippen LogP contribution in [0.1, 0.15) is 27.4 Å². The molecule has 0 saturated heterocycles. The SMILES string of the molecule is Cc1cc(CSc2ccccc2C(=O)NCC#Cc2ccccc2)on1. The minimum Gasteiger partial charge on any atom is -0.360 e. The molecule has 0 fully saturated rings. The molecule has 0 radical (unpaired) electrons. The van der Waals surface area contributed by atoms with E-state index >= 15 is 0 Å². The monoisotopic (exact) mass is 362 g/mol. The molecule has 1 N–H and O–H groups in total. The molecule has 2 aromatic carbocycles. The first-order chi connectivity index (χ1) is 12.7. The van der Waals surface area contributed by atoms with Crippen LogP contribution in [0.15, 0.2) is 70.1 Å². The van der Waals surface area contributed by atoms with Gasteiger partial charge in [-0.2, -0.15) is 0 Å². The fraction of sp³-hybridized carbons (Fsp3) is 0.143. The third-order valence-electron chi connectivity index (χ3n) is 3.52. The Kier molecular flexibility index (Phi) is 6.13. The molecule has 3 rings (SSSR count). The van der Waals surface area contributed by atoms with Crippen LogP contribution in [0.2, 0.25) is 0 Å². The van der Waals surface area contributed by atoms with Crippen LogP contribution in [0.5, 0.6) is 0 Å². The number of benzene rings is 2. The van der Waals surface area contributed by atoms with E-state index < -0.39 is 0 Å². The van der Waals surface area contributed by atoms with Gasteiger partial charge in [0, 0.05) is 16.5 Å². The number of rotatable bonds is 5. The molecule has 130 valence electrons. The Hall–Kier alpha value is -2.97. The highest BCUT2D eigenvalue weighted by molar-refractivity contribution is 7.98. The topological polar surface area (TPSA) is 55.1 Å². The number of nitrogens with one attached hydrogen (secondary N) is 1. The van der Waals surface area contributed by atoms with Gasteiger partial charge in [-0.1, -0.05) is 47.3 Å². The van der Waals surface area contributed by atoms with Gasteiger partial charge in [-0.05, 0) is 31.2 Å². The Morgan fingerprint density at radius 3 is 2.69 bits per heavy atom. The third kappa shape index (κ3) is 5.01. The fourth-order valence-corrected chi connectivity index (χ4v) is 3.23. The van der Waals surface area contributed by atoms with Crippen LogP contribution in [0.4, 0.5) is 0 Å². The van der Waals surface area contributed by atoms with Crippen molar-refractivity contribution in [1.29, 1.82) is 0 Å². The zero-order valence-corrected chi connectivity index (χ0v) is 15.2. The summed E-state index contributed by atoms with van der Waals surface area (Å²) in [5.41, 5.74) is 2.42. The predicted octanol–water partition coefficient (Wildman–Crippen LogP) is 4.06. The summed E-state index contributed by atoms with van der Waals surface area (Å²) < 4.78 is 5.22. The molecule has 0 bridgehead atoms. The van der Waals surface area contributed by atoms with Crippen LogP contribution in [-0.4, -0.2) is 17.6 Å². The lowest BCUT2D eigenvalue weighted by Gasteiger charge is -2.07. The Bertz CT molecular complexity index is 939. The molecular weight excluding hydrogens is 344 g/mol. The van der Waals surface area contributed by atoms with E-state index in [1.54, 1.807) is 11.8 Å². The van der Waals surface area contributed by atoms with Gasteiger partial charge in [0.15, 0.2) is 0 Å². The highest BCUT2D eigenvalue weighted by Gasteiger charge is 2.11. The van der Waals surface area contributed by atoms with E-state index in [-0.39, 0.29) is 5.91 Å². The summed E-state index contributed by atoms with van der Waals surface area (Å²) >= 11 is 1.55. The number of thioether (sulfide) groups is 1. The van der Waals surface area contributed by atoms with Crippen molar-refractivity contribution < 1.29 is 9.32 Å². The first-order valence-electron chi connectivity index (χ1n) is 8.18. The summed E-state index contributed by atoms with van der Waals surface area (Å²) in [6, 6.07) is 19.1. The molecule has 1 aromatic heterocycles. The molecule has 0 aliphatic carbocycles. The van der Waals surface area contributed by atoms with Crippen molar-refractivity contribution in [3.05, 3.63) is 83.2 Å². The van der Waals surface area contributed by atoms with Crippen molar-refractivity contribution in [2.24, 2.45) is 0 Å². The molecule has 5 heteroatoms. The van der Waals surface area contributed by atoms with Gasteiger partial charge in [0.25, 0.3) is 5.91 Å². The molecule has 0 unspecified atom stereocenters. The van der Waals surface area contributed by atoms with Crippen molar-refractivity contribution in [3.63, 3.8) is 0 Å². The number of carbonyl (C=O) groups is 1. The molecule has 0 atom stereocenters.